The number of hydrogen-bond acceptors (Lipinski definition) is 0. The summed E-state index contributed by atoms with van der Waals surface area (Å²) in [5.41, 5.74) is 0. The maximum atomic E-state index is 5.43. The largest absolute Gasteiger partial charge is 0.168 e. The first-order valence-corrected chi connectivity index (χ1v) is 16.1. The summed E-state index contributed by atoms with van der Waals surface area (Å²) in [6, 6.07) is 29.3. The molecule has 0 amide bonds. The van der Waals surface area contributed by atoms with E-state index in [4.69, 9.17) is 18.6 Å². The first-order chi connectivity index (χ1) is 11.2. The molecule has 23 heavy (non-hydrogen) atoms. The van der Waals surface area contributed by atoms with Crippen LogP contribution in [0.15, 0.2) is 84.9 Å². The second kappa shape index (κ2) is 10.4. The SMILES string of the molecule is [CH3][Al]=[Ti]([Cl])[Cl].c1ccc2[cH-]ccc2c1.c1ccc2[cH-]ccc2c1. The van der Waals surface area contributed by atoms with Crippen LogP contribution in [0.4, 0.5) is 0 Å². The van der Waals surface area contributed by atoms with Crippen molar-refractivity contribution in [1.82, 2.24) is 0 Å². The minimum absolute atomic E-state index is 0.429. The fraction of sp³-hybridized carbons (Fsp3) is 0.0526. The predicted molar refractivity (Wildman–Crippen MR) is 102 cm³/mol. The summed E-state index contributed by atoms with van der Waals surface area (Å²) >= 11 is -0.900. The summed E-state index contributed by atoms with van der Waals surface area (Å²) in [6.45, 7) is 0. The summed E-state index contributed by atoms with van der Waals surface area (Å²) in [4.78, 5) is 0. The Morgan fingerprint density at radius 2 is 1.13 bits per heavy atom. The van der Waals surface area contributed by atoms with E-state index >= 15 is 0 Å². The average molecular weight is 391 g/mol. The topological polar surface area (TPSA) is 0 Å². The Labute approximate surface area is 154 Å². The average Bonchev–Trinajstić information content (AvgIpc) is 3.24. The van der Waals surface area contributed by atoms with E-state index in [0.717, 1.165) is 0 Å². The molecule has 0 spiro atoms. The molecule has 4 aromatic rings. The van der Waals surface area contributed by atoms with E-state index in [2.05, 4.69) is 90.7 Å². The van der Waals surface area contributed by atoms with Gasteiger partial charge in [-0.2, -0.15) is 35.0 Å². The third-order valence-electron chi connectivity index (χ3n) is 3.31. The molecule has 0 radical (unpaired) electrons. The molecular formula is C19H17AlCl2Ti-2. The molecule has 4 heteroatoms. The molecular weight excluding hydrogens is 374 g/mol. The van der Waals surface area contributed by atoms with Crippen molar-refractivity contribution in [3.8, 4) is 0 Å². The van der Waals surface area contributed by atoms with Gasteiger partial charge in [-0.05, 0) is 0 Å². The van der Waals surface area contributed by atoms with Gasteiger partial charge in [0.15, 0.2) is 0 Å². The molecule has 0 N–H and O–H groups in total. The van der Waals surface area contributed by atoms with Crippen molar-refractivity contribution in [3.05, 3.63) is 84.9 Å². The first-order valence-electron chi connectivity index (χ1n) is 7.39. The van der Waals surface area contributed by atoms with Crippen LogP contribution in [0, 0.1) is 0 Å². The van der Waals surface area contributed by atoms with Gasteiger partial charge in [0, 0.05) is 0 Å². The molecule has 0 aliphatic rings. The van der Waals surface area contributed by atoms with Crippen molar-refractivity contribution in [1.29, 1.82) is 0 Å². The zero-order valence-electron chi connectivity index (χ0n) is 12.9. The number of benzene rings is 2. The van der Waals surface area contributed by atoms with Crippen molar-refractivity contribution in [2.75, 3.05) is 0 Å². The number of rotatable bonds is 0. The smallest absolute Gasteiger partial charge is 0.0809 e. The van der Waals surface area contributed by atoms with Crippen LogP contribution in [-0.4, -0.2) is 11.9 Å². The Balaban J connectivity index is 0.000000132. The molecule has 116 valence electrons. The molecule has 0 bridgehead atoms. The molecule has 0 aliphatic heterocycles. The standard InChI is InChI=1S/2C9H7.CH3.Al.2ClH.Ti/c2*1-2-5-9-7-3-6-8(9)4-1;;;;;/h2*1-7H;1H3;;2*1H;/q2*-1;;;;;+2/p-2. The fourth-order valence-electron chi connectivity index (χ4n) is 2.14. The van der Waals surface area contributed by atoms with E-state index in [1.54, 1.807) is 0 Å². The minimum atomic E-state index is -1.33. The van der Waals surface area contributed by atoms with Gasteiger partial charge in [0.05, 0.1) is 0 Å². The molecule has 0 atom stereocenters. The molecule has 0 saturated carbocycles. The Morgan fingerprint density at radius 3 is 1.48 bits per heavy atom. The Hall–Kier alpha value is -0.513. The molecule has 4 rings (SSSR count). The third-order valence-corrected chi connectivity index (χ3v) is 11.2. The van der Waals surface area contributed by atoms with Crippen molar-refractivity contribution >= 4 is 52.0 Å². The Bertz CT molecular complexity index is 747. The first kappa shape index (κ1) is 18.8. The van der Waals surface area contributed by atoms with Crippen molar-refractivity contribution in [3.63, 3.8) is 0 Å². The van der Waals surface area contributed by atoms with Gasteiger partial charge in [0.2, 0.25) is 0 Å². The molecule has 0 saturated heterocycles. The van der Waals surface area contributed by atoms with E-state index in [1.807, 2.05) is 0 Å². The van der Waals surface area contributed by atoms with Crippen molar-refractivity contribution < 1.29 is 13.0 Å². The van der Waals surface area contributed by atoms with Crippen LogP contribution in [-0.2, 0) is 13.0 Å². The van der Waals surface area contributed by atoms with Gasteiger partial charge >= 0.3 is 49.2 Å². The Kier molecular flexibility index (Phi) is 8.49. The number of halogens is 2. The van der Waals surface area contributed by atoms with Crippen LogP contribution < -0.4 is 0 Å². The Morgan fingerprint density at radius 1 is 0.739 bits per heavy atom. The normalized spacial score (nSPS) is 9.35. The number of fused-ring (bicyclic) bond motifs is 2. The fourth-order valence-corrected chi connectivity index (χ4v) is 2.14. The van der Waals surface area contributed by atoms with Gasteiger partial charge in [-0.1, -0.05) is 12.1 Å². The van der Waals surface area contributed by atoms with Gasteiger partial charge in [-0.3, -0.25) is 0 Å². The second-order valence-corrected chi connectivity index (χ2v) is 18.6. The monoisotopic (exact) mass is 390 g/mol. The summed E-state index contributed by atoms with van der Waals surface area (Å²) in [6.07, 6.45) is 0. The zero-order valence-corrected chi connectivity index (χ0v) is 17.1. The van der Waals surface area contributed by atoms with Crippen LogP contribution >= 0.6 is 18.6 Å². The maximum absolute atomic E-state index is 5.43. The molecule has 0 heterocycles. The zero-order chi connectivity index (χ0) is 16.5. The number of hydrogen-bond donors (Lipinski definition) is 0. The van der Waals surface area contributed by atoms with Gasteiger partial charge in [-0.15, -0.1) is 59.3 Å². The van der Waals surface area contributed by atoms with Crippen molar-refractivity contribution in [2.24, 2.45) is 0 Å². The molecule has 0 nitrogen and oxygen atoms in total. The van der Waals surface area contributed by atoms with Crippen LogP contribution in [0.2, 0.25) is 5.79 Å². The molecule has 0 aromatic heterocycles. The van der Waals surface area contributed by atoms with E-state index in [-0.39, 0.29) is 0 Å². The minimum Gasteiger partial charge on any atom is -0.168 e. The van der Waals surface area contributed by atoms with Crippen LogP contribution in [0.5, 0.6) is 0 Å². The van der Waals surface area contributed by atoms with Crippen LogP contribution in [0.3, 0.4) is 0 Å². The molecule has 0 fully saturated rings. The van der Waals surface area contributed by atoms with E-state index in [1.165, 1.54) is 21.5 Å². The van der Waals surface area contributed by atoms with Gasteiger partial charge < -0.3 is 0 Å². The summed E-state index contributed by atoms with van der Waals surface area (Å²) < 4.78 is 0. The molecule has 0 aliphatic carbocycles. The third kappa shape index (κ3) is 6.48. The quantitative estimate of drug-likeness (QED) is 0.231. The van der Waals surface area contributed by atoms with Gasteiger partial charge in [-0.25, -0.2) is 0 Å². The van der Waals surface area contributed by atoms with Gasteiger partial charge in [0.25, 0.3) is 0 Å². The molecule has 4 aromatic carbocycles. The second-order valence-electron chi connectivity index (χ2n) is 4.89. The van der Waals surface area contributed by atoms with E-state index in [9.17, 15) is 0 Å². The van der Waals surface area contributed by atoms with Crippen LogP contribution in [0.25, 0.3) is 21.5 Å². The van der Waals surface area contributed by atoms with Gasteiger partial charge in [0.1, 0.15) is 0 Å². The van der Waals surface area contributed by atoms with Crippen molar-refractivity contribution in [2.45, 2.75) is 5.79 Å². The van der Waals surface area contributed by atoms with E-state index in [0.29, 0.717) is 11.9 Å². The maximum Gasteiger partial charge on any atom is -0.0809 e. The van der Waals surface area contributed by atoms with Crippen LogP contribution in [0.1, 0.15) is 0 Å². The molecule has 0 unspecified atom stereocenters. The summed E-state index contributed by atoms with van der Waals surface area (Å²) in [5.74, 6) is 2.09. The summed E-state index contributed by atoms with van der Waals surface area (Å²) in [7, 11) is 10.9. The van der Waals surface area contributed by atoms with E-state index < -0.39 is 13.0 Å². The summed E-state index contributed by atoms with van der Waals surface area (Å²) in [5, 5.41) is 5.32. The predicted octanol–water partition coefficient (Wildman–Crippen LogP) is 6.70.